The quantitative estimate of drug-likeness (QED) is 0.127. The third-order valence-corrected chi connectivity index (χ3v) is 6.77. The summed E-state index contributed by atoms with van der Waals surface area (Å²) < 4.78 is 10.8. The number of aromatic amines is 1. The lowest BCUT2D eigenvalue weighted by Crippen LogP contribution is -2.50. The monoisotopic (exact) mass is 546 g/mol. The van der Waals surface area contributed by atoms with Crippen LogP contribution in [0.3, 0.4) is 0 Å². The van der Waals surface area contributed by atoms with Crippen molar-refractivity contribution in [3.05, 3.63) is 78.1 Å². The first-order valence-corrected chi connectivity index (χ1v) is 12.9. The Hall–Kier alpha value is -4.61. The molecule has 2 amide bonds. The predicted octanol–water partition coefficient (Wildman–Crippen LogP) is 3.17. The highest BCUT2D eigenvalue weighted by Crippen LogP contribution is 2.30. The number of benzene rings is 3. The van der Waals surface area contributed by atoms with E-state index in [1.807, 2.05) is 12.1 Å². The minimum atomic E-state index is -1.75. The summed E-state index contributed by atoms with van der Waals surface area (Å²) in [5.41, 5.74) is 3.45. The van der Waals surface area contributed by atoms with Crippen molar-refractivity contribution in [2.24, 2.45) is 5.84 Å². The van der Waals surface area contributed by atoms with Gasteiger partial charge in [-0.2, -0.15) is 0 Å². The fourth-order valence-electron chi connectivity index (χ4n) is 4.48. The second-order valence-corrected chi connectivity index (χ2v) is 9.07. The van der Waals surface area contributed by atoms with E-state index in [9.17, 15) is 14.7 Å². The molecule has 2 atom stereocenters. The second-order valence-electron chi connectivity index (χ2n) is 9.07. The summed E-state index contributed by atoms with van der Waals surface area (Å²) in [6, 6.07) is 15.8. The zero-order valence-corrected chi connectivity index (χ0v) is 22.9. The van der Waals surface area contributed by atoms with Gasteiger partial charge in [0.15, 0.2) is 6.10 Å². The van der Waals surface area contributed by atoms with Crippen molar-refractivity contribution in [1.82, 2.24) is 15.3 Å². The number of aromatic nitrogens is 2. The van der Waals surface area contributed by atoms with Crippen LogP contribution in [0.5, 0.6) is 11.5 Å². The second kappa shape index (κ2) is 12.5. The van der Waals surface area contributed by atoms with Crippen molar-refractivity contribution in [2.45, 2.75) is 26.0 Å². The molecule has 0 bridgehead atoms. The number of carbonyl (C=O) groups is 2. The van der Waals surface area contributed by atoms with E-state index in [0.717, 1.165) is 23.8 Å². The fourth-order valence-corrected chi connectivity index (χ4v) is 4.48. The highest BCUT2D eigenvalue weighted by molar-refractivity contribution is 5.99. The summed E-state index contributed by atoms with van der Waals surface area (Å²) in [5, 5.41) is 15.0. The largest absolute Gasteiger partial charge is 0.497 e. The highest BCUT2D eigenvalue weighted by atomic mass is 16.5. The molecular formula is C29H34N6O5. The number of amides is 2. The van der Waals surface area contributed by atoms with Crippen molar-refractivity contribution in [3.8, 4) is 11.5 Å². The van der Waals surface area contributed by atoms with Gasteiger partial charge in [-0.15, -0.1) is 0 Å². The van der Waals surface area contributed by atoms with E-state index in [-0.39, 0.29) is 0 Å². The van der Waals surface area contributed by atoms with Crippen LogP contribution < -0.4 is 30.5 Å². The maximum Gasteiger partial charge on any atom is 0.272 e. The molecule has 4 rings (SSSR count). The number of anilines is 2. The van der Waals surface area contributed by atoms with Gasteiger partial charge in [-0.05, 0) is 74.0 Å². The SMILES string of the molecule is CCN(CC)c1ccc(C(=O)NC(c2cc(OC)cc(OC)c2)C(O)C(=O)N(N)c2ccc3nc[nH]c3c2)cc1. The molecule has 40 heavy (non-hydrogen) atoms. The average Bonchev–Trinajstić information content (AvgIpc) is 3.47. The minimum absolute atomic E-state index is 0.334. The molecule has 1 heterocycles. The van der Waals surface area contributed by atoms with Gasteiger partial charge in [0, 0.05) is 30.4 Å². The van der Waals surface area contributed by atoms with Crippen molar-refractivity contribution in [3.63, 3.8) is 0 Å². The Morgan fingerprint density at radius 3 is 2.20 bits per heavy atom. The number of aliphatic hydroxyl groups excluding tert-OH is 1. The molecular weight excluding hydrogens is 512 g/mol. The molecule has 2 unspecified atom stereocenters. The number of hydrogen-bond acceptors (Lipinski definition) is 8. The summed E-state index contributed by atoms with van der Waals surface area (Å²) in [6.07, 6.45) is -0.222. The number of methoxy groups -OCH3 is 2. The number of carbonyl (C=O) groups excluding carboxylic acids is 2. The molecule has 11 nitrogen and oxygen atoms in total. The summed E-state index contributed by atoms with van der Waals surface area (Å²) in [4.78, 5) is 36.1. The van der Waals surface area contributed by atoms with Gasteiger partial charge in [-0.25, -0.2) is 15.8 Å². The Kier molecular flexibility index (Phi) is 8.87. The number of hydrogen-bond donors (Lipinski definition) is 4. The van der Waals surface area contributed by atoms with Gasteiger partial charge in [0.05, 0.1) is 43.3 Å². The van der Waals surface area contributed by atoms with Crippen LogP contribution in [0.15, 0.2) is 67.0 Å². The van der Waals surface area contributed by atoms with E-state index in [4.69, 9.17) is 15.3 Å². The number of fused-ring (bicyclic) bond motifs is 1. The molecule has 0 aliphatic heterocycles. The van der Waals surface area contributed by atoms with Crippen LogP contribution in [0.2, 0.25) is 0 Å². The molecule has 210 valence electrons. The van der Waals surface area contributed by atoms with Crippen molar-refractivity contribution in [1.29, 1.82) is 0 Å². The maximum absolute atomic E-state index is 13.5. The third-order valence-electron chi connectivity index (χ3n) is 6.77. The van der Waals surface area contributed by atoms with Gasteiger partial charge in [0.1, 0.15) is 11.5 Å². The normalized spacial score (nSPS) is 12.4. The van der Waals surface area contributed by atoms with Gasteiger partial charge in [0.2, 0.25) is 0 Å². The Bertz CT molecular complexity index is 1450. The number of aliphatic hydroxyl groups is 1. The van der Waals surface area contributed by atoms with E-state index in [0.29, 0.717) is 39.3 Å². The van der Waals surface area contributed by atoms with Crippen LogP contribution in [0.25, 0.3) is 11.0 Å². The maximum atomic E-state index is 13.5. The fraction of sp³-hybridized carbons (Fsp3) is 0.276. The summed E-state index contributed by atoms with van der Waals surface area (Å²) >= 11 is 0. The van der Waals surface area contributed by atoms with Crippen LogP contribution in [0.1, 0.15) is 35.8 Å². The molecule has 0 saturated heterocycles. The van der Waals surface area contributed by atoms with Crippen LogP contribution in [-0.2, 0) is 4.79 Å². The molecule has 3 aromatic carbocycles. The number of nitrogens with zero attached hydrogens (tertiary/aromatic N) is 3. The van der Waals surface area contributed by atoms with Gasteiger partial charge in [0.25, 0.3) is 11.8 Å². The molecule has 0 fully saturated rings. The molecule has 0 aliphatic rings. The van der Waals surface area contributed by atoms with E-state index in [1.54, 1.807) is 48.5 Å². The summed E-state index contributed by atoms with van der Waals surface area (Å²) in [7, 11) is 2.97. The lowest BCUT2D eigenvalue weighted by Gasteiger charge is -2.28. The van der Waals surface area contributed by atoms with Gasteiger partial charge in [-0.1, -0.05) is 0 Å². The molecule has 4 aromatic rings. The summed E-state index contributed by atoms with van der Waals surface area (Å²) in [6.45, 7) is 5.78. The first-order chi connectivity index (χ1) is 19.3. The first-order valence-electron chi connectivity index (χ1n) is 12.9. The number of hydrazine groups is 1. The van der Waals surface area contributed by atoms with E-state index >= 15 is 0 Å². The summed E-state index contributed by atoms with van der Waals surface area (Å²) in [5.74, 6) is 5.70. The van der Waals surface area contributed by atoms with Crippen molar-refractivity contribution < 1.29 is 24.2 Å². The van der Waals surface area contributed by atoms with E-state index in [2.05, 4.69) is 34.0 Å². The number of rotatable bonds is 11. The predicted molar refractivity (Wildman–Crippen MR) is 154 cm³/mol. The Labute approximate surface area is 232 Å². The number of ether oxygens (including phenoxy) is 2. The van der Waals surface area contributed by atoms with E-state index in [1.165, 1.54) is 20.5 Å². The minimum Gasteiger partial charge on any atom is -0.497 e. The standard InChI is InChI=1S/C29H34N6O5/c1-5-34(6-2)20-9-7-18(8-10-20)28(37)33-26(19-13-22(39-3)16-23(14-19)40-4)27(36)29(38)35(30)21-11-12-24-25(15-21)32-17-31-24/h7-17,26-27,36H,5-6,30H2,1-4H3,(H,31,32)(H,33,37). The van der Waals surface area contributed by atoms with Crippen molar-refractivity contribution >= 4 is 34.2 Å². The number of nitrogens with one attached hydrogen (secondary N) is 2. The number of H-pyrrole nitrogens is 1. The molecule has 0 radical (unpaired) electrons. The average molecular weight is 547 g/mol. The smallest absolute Gasteiger partial charge is 0.272 e. The number of nitrogens with two attached hydrogens (primary N) is 1. The molecule has 11 heteroatoms. The lowest BCUT2D eigenvalue weighted by molar-refractivity contribution is -0.128. The zero-order valence-electron chi connectivity index (χ0n) is 22.9. The molecule has 0 aliphatic carbocycles. The Balaban J connectivity index is 1.66. The first kappa shape index (κ1) is 28.4. The lowest BCUT2D eigenvalue weighted by atomic mass is 9.98. The molecule has 5 N–H and O–H groups in total. The zero-order chi connectivity index (χ0) is 28.8. The third kappa shape index (κ3) is 6.00. The van der Waals surface area contributed by atoms with Crippen LogP contribution >= 0.6 is 0 Å². The van der Waals surface area contributed by atoms with Gasteiger partial charge in [-0.3, -0.25) is 9.59 Å². The topological polar surface area (TPSA) is 146 Å². The Morgan fingerprint density at radius 2 is 1.60 bits per heavy atom. The molecule has 0 saturated carbocycles. The molecule has 0 spiro atoms. The van der Waals surface area contributed by atoms with Crippen molar-refractivity contribution in [2.75, 3.05) is 37.2 Å². The van der Waals surface area contributed by atoms with Crippen LogP contribution in [0.4, 0.5) is 11.4 Å². The van der Waals surface area contributed by atoms with Crippen LogP contribution in [-0.4, -0.2) is 60.3 Å². The number of imidazole rings is 1. The van der Waals surface area contributed by atoms with E-state index < -0.39 is 24.0 Å². The van der Waals surface area contributed by atoms with Gasteiger partial charge >= 0.3 is 0 Å². The highest BCUT2D eigenvalue weighted by Gasteiger charge is 2.33. The molecule has 1 aromatic heterocycles. The Morgan fingerprint density at radius 1 is 0.975 bits per heavy atom. The van der Waals surface area contributed by atoms with Gasteiger partial charge < -0.3 is 29.8 Å². The van der Waals surface area contributed by atoms with Crippen LogP contribution in [0, 0.1) is 0 Å².